The number of alkyl halides is 3. The molecule has 0 fully saturated rings. The molecule has 0 unspecified atom stereocenters. The van der Waals surface area contributed by atoms with Crippen LogP contribution in [0.4, 0.5) is 29.5 Å². The van der Waals surface area contributed by atoms with Crippen LogP contribution < -0.4 is 26.6 Å². The molecule has 17 heteroatoms. The summed E-state index contributed by atoms with van der Waals surface area (Å²) in [6.45, 7) is 6.14. The largest absolute Gasteiger partial charge is 0.493 e. The lowest BCUT2D eigenvalue weighted by Crippen LogP contribution is -2.46. The lowest BCUT2D eigenvalue weighted by molar-refractivity contribution is -0.199. The summed E-state index contributed by atoms with van der Waals surface area (Å²) in [6, 6.07) is 4.12. The Morgan fingerprint density at radius 3 is 2.60 bits per heavy atom. The lowest BCUT2D eigenvalue weighted by Gasteiger charge is -2.23. The minimum Gasteiger partial charge on any atom is -0.490 e. The fraction of sp³-hybridized carbons (Fsp3) is 0.360. The fourth-order valence-electron chi connectivity index (χ4n) is 3.97. The van der Waals surface area contributed by atoms with Crippen LogP contribution in [0.5, 0.6) is 5.75 Å². The van der Waals surface area contributed by atoms with Crippen LogP contribution in [-0.4, -0.2) is 62.2 Å². The Kier molecular flexibility index (Phi) is 8.79. The maximum absolute atomic E-state index is 13.0. The monoisotopic (exact) mass is 591 g/mol. The third-order valence-corrected chi connectivity index (χ3v) is 5.74. The smallest absolute Gasteiger partial charge is 0.490 e. The number of ether oxygens (including phenoxy) is 1. The van der Waals surface area contributed by atoms with Gasteiger partial charge in [0.2, 0.25) is 0 Å². The second-order valence-corrected chi connectivity index (χ2v) is 9.16. The molecule has 1 aromatic carbocycles. The molecular weight excluding hydrogens is 563 g/mol. The average molecular weight is 592 g/mol. The number of nitrogens with one attached hydrogen (secondary N) is 1. The van der Waals surface area contributed by atoms with Crippen molar-refractivity contribution in [2.75, 3.05) is 23.9 Å². The van der Waals surface area contributed by atoms with Gasteiger partial charge in [-0.1, -0.05) is 12.1 Å². The van der Waals surface area contributed by atoms with Crippen molar-refractivity contribution in [1.29, 1.82) is 0 Å². The molecule has 0 spiro atoms. The van der Waals surface area contributed by atoms with Gasteiger partial charge in [-0.3, -0.25) is 0 Å². The van der Waals surface area contributed by atoms with E-state index in [9.17, 15) is 22.8 Å². The van der Waals surface area contributed by atoms with Crippen LogP contribution in [0.25, 0.3) is 33.8 Å². The topological polar surface area (TPSA) is 190 Å². The van der Waals surface area contributed by atoms with E-state index < -0.39 is 24.2 Å². The van der Waals surface area contributed by atoms with Gasteiger partial charge in [0.25, 0.3) is 0 Å². The number of benzene rings is 1. The highest BCUT2D eigenvalue weighted by atomic mass is 19.4. The summed E-state index contributed by atoms with van der Waals surface area (Å²) < 4.78 is 51.6. The molecule has 0 atom stereocenters. The summed E-state index contributed by atoms with van der Waals surface area (Å²) >= 11 is 0. The van der Waals surface area contributed by atoms with E-state index in [4.69, 9.17) is 25.8 Å². The summed E-state index contributed by atoms with van der Waals surface area (Å²) in [5.41, 5.74) is 13.0. The van der Waals surface area contributed by atoms with Gasteiger partial charge in [-0.2, -0.15) is 13.2 Å². The quantitative estimate of drug-likeness (QED) is 0.191. The number of aryl methyl sites for hydroxylation is 1. The van der Waals surface area contributed by atoms with E-state index in [0.29, 0.717) is 54.3 Å². The van der Waals surface area contributed by atoms with Crippen LogP contribution in [0.15, 0.2) is 35.1 Å². The Hall–Kier alpha value is -4.93. The Morgan fingerprint density at radius 1 is 1.21 bits per heavy atom. The standard InChI is InChI=1S/C25H28F3N9O5/c1-4-36-20-16(40-10-6-9-29)12-31-17(18(20)33-22(36)19-21(30)35-42-34-19)14-7-5-8-15(11-14)37(24(39)32-13(2)3)41-23(38)25(26,27)28/h5,7-8,11-13H,4,6,9-10,29H2,1-3H3,(H2,30,35)(H,32,39). The molecule has 3 heterocycles. The number of nitrogen functional groups attached to an aromatic ring is 1. The molecule has 224 valence electrons. The first-order chi connectivity index (χ1) is 20.0. The minimum atomic E-state index is -5.34. The van der Waals surface area contributed by atoms with E-state index in [0.717, 1.165) is 0 Å². The third-order valence-electron chi connectivity index (χ3n) is 5.74. The zero-order valence-corrected chi connectivity index (χ0v) is 22.8. The van der Waals surface area contributed by atoms with Gasteiger partial charge >= 0.3 is 18.2 Å². The molecule has 2 amide bonds. The average Bonchev–Trinajstić information content (AvgIpc) is 3.53. The van der Waals surface area contributed by atoms with E-state index >= 15 is 0 Å². The molecule has 0 saturated heterocycles. The van der Waals surface area contributed by atoms with Crippen molar-refractivity contribution in [3.05, 3.63) is 30.5 Å². The summed E-state index contributed by atoms with van der Waals surface area (Å²) in [5.74, 6) is -1.89. The number of amides is 2. The summed E-state index contributed by atoms with van der Waals surface area (Å²) in [7, 11) is 0. The first kappa shape index (κ1) is 30.0. The zero-order chi connectivity index (χ0) is 30.6. The predicted octanol–water partition coefficient (Wildman–Crippen LogP) is 3.42. The number of urea groups is 1. The van der Waals surface area contributed by atoms with E-state index in [1.54, 1.807) is 24.5 Å². The van der Waals surface area contributed by atoms with Crippen LogP contribution in [0.3, 0.4) is 0 Å². The van der Waals surface area contributed by atoms with Crippen molar-refractivity contribution < 1.29 is 37.0 Å². The molecule has 0 bridgehead atoms. The number of aromatic nitrogens is 5. The number of carbonyl (C=O) groups excluding carboxylic acids is 2. The highest BCUT2D eigenvalue weighted by Crippen LogP contribution is 2.37. The maximum atomic E-state index is 13.0. The van der Waals surface area contributed by atoms with E-state index in [-0.39, 0.29) is 28.0 Å². The molecule has 0 aliphatic carbocycles. The maximum Gasteiger partial charge on any atom is 0.493 e. The second kappa shape index (κ2) is 12.3. The number of anilines is 2. The van der Waals surface area contributed by atoms with Gasteiger partial charge in [-0.05, 0) is 56.2 Å². The van der Waals surface area contributed by atoms with Crippen molar-refractivity contribution in [2.24, 2.45) is 5.73 Å². The Labute approximate surface area is 236 Å². The van der Waals surface area contributed by atoms with E-state index in [2.05, 4.69) is 25.5 Å². The number of fused-ring (bicyclic) bond motifs is 1. The van der Waals surface area contributed by atoms with Gasteiger partial charge in [-0.25, -0.2) is 24.2 Å². The molecule has 3 aromatic heterocycles. The SMILES string of the molecule is CCn1c(-c2nonc2N)nc2c(-c3cccc(N(OC(=O)C(F)(F)F)C(=O)NC(C)C)c3)ncc(OCCCN)c21. The van der Waals surface area contributed by atoms with Gasteiger partial charge in [-0.15, -0.1) is 5.06 Å². The zero-order valence-electron chi connectivity index (χ0n) is 22.8. The van der Waals surface area contributed by atoms with Crippen LogP contribution in [-0.2, 0) is 16.2 Å². The van der Waals surface area contributed by atoms with Gasteiger partial charge in [0.15, 0.2) is 23.1 Å². The Bertz CT molecular complexity index is 1590. The molecule has 42 heavy (non-hydrogen) atoms. The number of nitrogens with two attached hydrogens (primary N) is 2. The number of halogens is 3. The van der Waals surface area contributed by atoms with Gasteiger partial charge in [0, 0.05) is 18.2 Å². The Balaban J connectivity index is 1.88. The van der Waals surface area contributed by atoms with Crippen LogP contribution in [0, 0.1) is 0 Å². The molecular formula is C25H28F3N9O5. The van der Waals surface area contributed by atoms with Crippen LogP contribution in [0.1, 0.15) is 27.2 Å². The molecule has 0 saturated carbocycles. The molecule has 5 N–H and O–H groups in total. The van der Waals surface area contributed by atoms with Gasteiger partial charge in [0.1, 0.15) is 11.0 Å². The number of hydrogen-bond donors (Lipinski definition) is 3. The number of rotatable bonds is 9. The highest BCUT2D eigenvalue weighted by Gasteiger charge is 2.44. The normalized spacial score (nSPS) is 11.6. The summed E-state index contributed by atoms with van der Waals surface area (Å²) in [4.78, 5) is 38.1. The third kappa shape index (κ3) is 6.19. The summed E-state index contributed by atoms with van der Waals surface area (Å²) in [6.07, 6.45) is -3.30. The second-order valence-electron chi connectivity index (χ2n) is 9.16. The van der Waals surface area contributed by atoms with Gasteiger partial charge in [0.05, 0.1) is 24.2 Å². The van der Waals surface area contributed by atoms with Crippen LogP contribution >= 0.6 is 0 Å². The number of nitrogens with zero attached hydrogens (tertiary/aromatic N) is 6. The number of hydroxylamine groups is 1. The molecule has 14 nitrogen and oxygen atoms in total. The van der Waals surface area contributed by atoms with Crippen molar-refractivity contribution in [3.8, 4) is 28.5 Å². The van der Waals surface area contributed by atoms with Gasteiger partial charge < -0.3 is 30.9 Å². The van der Waals surface area contributed by atoms with Crippen molar-refractivity contribution in [3.63, 3.8) is 0 Å². The predicted molar refractivity (Wildman–Crippen MR) is 144 cm³/mol. The molecule has 0 aliphatic heterocycles. The van der Waals surface area contributed by atoms with E-state index in [1.165, 1.54) is 24.4 Å². The number of imidazole rings is 1. The molecule has 4 aromatic rings. The first-order valence-electron chi connectivity index (χ1n) is 12.8. The lowest BCUT2D eigenvalue weighted by atomic mass is 10.1. The summed E-state index contributed by atoms with van der Waals surface area (Å²) in [5, 5.41) is 10.1. The number of carbonyl (C=O) groups is 2. The highest BCUT2D eigenvalue weighted by molar-refractivity contribution is 5.98. The minimum absolute atomic E-state index is 0.000370. The Morgan fingerprint density at radius 2 is 1.98 bits per heavy atom. The van der Waals surface area contributed by atoms with Crippen molar-refractivity contribution >= 4 is 34.5 Å². The van der Waals surface area contributed by atoms with Crippen molar-refractivity contribution in [1.82, 2.24) is 30.2 Å². The molecule has 0 aliphatic rings. The van der Waals surface area contributed by atoms with Crippen molar-refractivity contribution in [2.45, 2.75) is 46.0 Å². The fourth-order valence-corrected chi connectivity index (χ4v) is 3.97. The van der Waals surface area contributed by atoms with E-state index in [1.807, 2.05) is 6.92 Å². The molecule has 0 radical (unpaired) electrons. The first-order valence-corrected chi connectivity index (χ1v) is 12.8. The number of pyridine rings is 1. The molecule has 4 rings (SSSR count). The van der Waals surface area contributed by atoms with Crippen LogP contribution in [0.2, 0.25) is 0 Å². The number of hydrogen-bond acceptors (Lipinski definition) is 11.